The van der Waals surface area contributed by atoms with E-state index in [4.69, 9.17) is 16.2 Å². The largest absolute Gasteiger partial charge is 0.378 e. The van der Waals surface area contributed by atoms with Crippen LogP contribution in [0.15, 0.2) is 18.2 Å². The lowest BCUT2D eigenvalue weighted by atomic mass is 10.1. The molecule has 0 aromatic carbocycles. The van der Waals surface area contributed by atoms with Crippen LogP contribution >= 0.6 is 0 Å². The van der Waals surface area contributed by atoms with Gasteiger partial charge in [0, 0.05) is 19.7 Å². The first-order valence-electron chi connectivity index (χ1n) is 7.04. The first-order valence-corrected chi connectivity index (χ1v) is 7.04. The number of anilines is 1. The average molecular weight is 278 g/mol. The fourth-order valence-electron chi connectivity index (χ4n) is 2.32. The summed E-state index contributed by atoms with van der Waals surface area (Å²) >= 11 is 0. The van der Waals surface area contributed by atoms with Crippen molar-refractivity contribution in [3.8, 4) is 0 Å². The molecule has 1 aliphatic heterocycles. The van der Waals surface area contributed by atoms with Crippen molar-refractivity contribution in [2.45, 2.75) is 25.4 Å². The minimum Gasteiger partial charge on any atom is -0.378 e. The second-order valence-corrected chi connectivity index (χ2v) is 4.94. The molecule has 20 heavy (non-hydrogen) atoms. The van der Waals surface area contributed by atoms with Gasteiger partial charge in [0.15, 0.2) is 0 Å². The molecule has 0 unspecified atom stereocenters. The second-order valence-electron chi connectivity index (χ2n) is 4.94. The van der Waals surface area contributed by atoms with Crippen LogP contribution in [0.4, 0.5) is 5.82 Å². The Morgan fingerprint density at radius 2 is 2.15 bits per heavy atom. The van der Waals surface area contributed by atoms with Gasteiger partial charge in [0.25, 0.3) is 5.91 Å². The molecule has 0 saturated carbocycles. The van der Waals surface area contributed by atoms with Crippen LogP contribution in [0, 0.1) is 0 Å². The maximum atomic E-state index is 11.1. The monoisotopic (exact) mass is 278 g/mol. The van der Waals surface area contributed by atoms with E-state index in [0.717, 1.165) is 44.8 Å². The third kappa shape index (κ3) is 3.91. The molecule has 2 rings (SSSR count). The van der Waals surface area contributed by atoms with Crippen molar-refractivity contribution in [1.82, 2.24) is 4.98 Å². The molecule has 1 aromatic rings. The van der Waals surface area contributed by atoms with E-state index in [1.54, 1.807) is 6.07 Å². The number of ether oxygens (including phenoxy) is 1. The van der Waals surface area contributed by atoms with Gasteiger partial charge in [-0.2, -0.15) is 0 Å². The van der Waals surface area contributed by atoms with Crippen LogP contribution in [0.3, 0.4) is 0 Å². The first kappa shape index (κ1) is 14.7. The number of aromatic nitrogens is 1. The molecule has 110 valence electrons. The Balaban J connectivity index is 1.87. The van der Waals surface area contributed by atoms with Gasteiger partial charge in [-0.25, -0.2) is 4.98 Å². The fraction of sp³-hybridized carbons (Fsp3) is 0.571. The summed E-state index contributed by atoms with van der Waals surface area (Å²) in [5.41, 5.74) is 11.0. The molecule has 0 atom stereocenters. The Kier molecular flexibility index (Phi) is 5.31. The Bertz CT molecular complexity index is 445. The van der Waals surface area contributed by atoms with Crippen LogP contribution in [0.1, 0.15) is 29.8 Å². The molecule has 6 nitrogen and oxygen atoms in total. The van der Waals surface area contributed by atoms with Crippen molar-refractivity contribution < 1.29 is 9.53 Å². The summed E-state index contributed by atoms with van der Waals surface area (Å²) in [6.07, 6.45) is 3.14. The maximum absolute atomic E-state index is 11.1. The van der Waals surface area contributed by atoms with E-state index in [1.165, 1.54) is 0 Å². The summed E-state index contributed by atoms with van der Waals surface area (Å²) in [4.78, 5) is 17.6. The van der Waals surface area contributed by atoms with E-state index in [-0.39, 0.29) is 0 Å². The number of primary amides is 1. The maximum Gasteiger partial charge on any atom is 0.267 e. The van der Waals surface area contributed by atoms with Crippen LogP contribution in [-0.4, -0.2) is 43.2 Å². The number of piperidine rings is 1. The lowest BCUT2D eigenvalue weighted by molar-refractivity contribution is 0.0365. The van der Waals surface area contributed by atoms with Crippen LogP contribution in [0.2, 0.25) is 0 Å². The number of nitrogens with zero attached hydrogens (tertiary/aromatic N) is 2. The Morgan fingerprint density at radius 3 is 2.80 bits per heavy atom. The average Bonchev–Trinajstić information content (AvgIpc) is 2.48. The van der Waals surface area contributed by atoms with Crippen molar-refractivity contribution >= 4 is 11.7 Å². The molecule has 0 spiro atoms. The predicted octanol–water partition coefficient (Wildman–Crippen LogP) is 0.515. The van der Waals surface area contributed by atoms with E-state index in [2.05, 4.69) is 9.88 Å². The van der Waals surface area contributed by atoms with E-state index in [0.29, 0.717) is 18.3 Å². The number of pyridine rings is 1. The van der Waals surface area contributed by atoms with E-state index in [1.807, 2.05) is 12.1 Å². The van der Waals surface area contributed by atoms with E-state index in [9.17, 15) is 4.79 Å². The number of hydrogen-bond acceptors (Lipinski definition) is 5. The molecule has 1 aliphatic rings. The third-order valence-corrected chi connectivity index (χ3v) is 3.45. The zero-order valence-corrected chi connectivity index (χ0v) is 11.6. The highest BCUT2D eigenvalue weighted by Gasteiger charge is 2.20. The molecular weight excluding hydrogens is 256 g/mol. The molecule has 1 amide bonds. The zero-order valence-electron chi connectivity index (χ0n) is 11.6. The Morgan fingerprint density at radius 1 is 1.40 bits per heavy atom. The van der Waals surface area contributed by atoms with Gasteiger partial charge in [-0.3, -0.25) is 4.79 Å². The number of carbonyl (C=O) groups excluding carboxylic acids is 1. The highest BCUT2D eigenvalue weighted by molar-refractivity contribution is 5.91. The molecule has 4 N–H and O–H groups in total. The van der Waals surface area contributed by atoms with Crippen LogP contribution < -0.4 is 16.4 Å². The van der Waals surface area contributed by atoms with Gasteiger partial charge in [0.2, 0.25) is 0 Å². The van der Waals surface area contributed by atoms with Crippen LogP contribution in [-0.2, 0) is 4.74 Å². The van der Waals surface area contributed by atoms with E-state index < -0.39 is 5.91 Å². The van der Waals surface area contributed by atoms with Crippen molar-refractivity contribution in [3.63, 3.8) is 0 Å². The zero-order chi connectivity index (χ0) is 14.4. The number of amides is 1. The smallest absolute Gasteiger partial charge is 0.267 e. The number of hydrogen-bond donors (Lipinski definition) is 2. The van der Waals surface area contributed by atoms with Gasteiger partial charge in [0.1, 0.15) is 11.5 Å². The van der Waals surface area contributed by atoms with Gasteiger partial charge in [0.05, 0.1) is 6.10 Å². The van der Waals surface area contributed by atoms with Crippen LogP contribution in [0.25, 0.3) is 0 Å². The van der Waals surface area contributed by atoms with Crippen molar-refractivity contribution in [1.29, 1.82) is 0 Å². The highest BCUT2D eigenvalue weighted by atomic mass is 16.5. The first-order chi connectivity index (χ1) is 9.70. The lowest BCUT2D eigenvalue weighted by Crippen LogP contribution is -2.38. The van der Waals surface area contributed by atoms with E-state index >= 15 is 0 Å². The summed E-state index contributed by atoms with van der Waals surface area (Å²) in [5.74, 6) is 0.313. The Labute approximate surface area is 119 Å². The minimum atomic E-state index is -0.494. The molecular formula is C14H22N4O2. The second kappa shape index (κ2) is 7.21. The topological polar surface area (TPSA) is 94.5 Å². The molecule has 2 heterocycles. The molecule has 0 aliphatic carbocycles. The number of rotatable bonds is 6. The normalized spacial score (nSPS) is 16.4. The standard InChI is InChI=1S/C14H22N4O2/c15-7-2-10-20-11-5-8-18(9-6-11)13-4-1-3-12(17-13)14(16)19/h1,3-4,11H,2,5-10,15H2,(H2,16,19). The Hall–Kier alpha value is -1.66. The third-order valence-electron chi connectivity index (χ3n) is 3.45. The lowest BCUT2D eigenvalue weighted by Gasteiger charge is -2.32. The quantitative estimate of drug-likeness (QED) is 0.740. The predicted molar refractivity (Wildman–Crippen MR) is 77.6 cm³/mol. The molecule has 6 heteroatoms. The van der Waals surface area contributed by atoms with Crippen molar-refractivity contribution in [2.75, 3.05) is 31.1 Å². The molecule has 0 bridgehead atoms. The molecule has 0 radical (unpaired) electrons. The van der Waals surface area contributed by atoms with Gasteiger partial charge in [-0.1, -0.05) is 6.07 Å². The highest BCUT2D eigenvalue weighted by Crippen LogP contribution is 2.20. The molecule has 1 saturated heterocycles. The summed E-state index contributed by atoms with van der Waals surface area (Å²) in [6, 6.07) is 5.35. The van der Waals surface area contributed by atoms with Crippen LogP contribution in [0.5, 0.6) is 0 Å². The van der Waals surface area contributed by atoms with Gasteiger partial charge >= 0.3 is 0 Å². The summed E-state index contributed by atoms with van der Waals surface area (Å²) in [6.45, 7) is 3.16. The molecule has 1 aromatic heterocycles. The summed E-state index contributed by atoms with van der Waals surface area (Å²) in [7, 11) is 0. The number of carbonyl (C=O) groups is 1. The van der Waals surface area contributed by atoms with Gasteiger partial charge in [-0.05, 0) is 37.9 Å². The fourth-order valence-corrected chi connectivity index (χ4v) is 2.32. The van der Waals surface area contributed by atoms with Gasteiger partial charge in [-0.15, -0.1) is 0 Å². The van der Waals surface area contributed by atoms with Crippen molar-refractivity contribution in [2.24, 2.45) is 11.5 Å². The summed E-state index contributed by atoms with van der Waals surface area (Å²) in [5, 5.41) is 0. The minimum absolute atomic E-state index is 0.303. The summed E-state index contributed by atoms with van der Waals surface area (Å²) < 4.78 is 5.77. The number of nitrogens with two attached hydrogens (primary N) is 2. The SMILES string of the molecule is NCCCOC1CCN(c2cccc(C(N)=O)n2)CC1. The van der Waals surface area contributed by atoms with Gasteiger partial charge < -0.3 is 21.1 Å². The molecule has 1 fully saturated rings. The van der Waals surface area contributed by atoms with Crippen molar-refractivity contribution in [3.05, 3.63) is 23.9 Å².